The number of halogens is 2. The first-order valence-corrected chi connectivity index (χ1v) is 4.41. The van der Waals surface area contributed by atoms with Gasteiger partial charge in [-0.2, -0.15) is 0 Å². The van der Waals surface area contributed by atoms with Crippen molar-refractivity contribution in [2.45, 2.75) is 6.42 Å². The summed E-state index contributed by atoms with van der Waals surface area (Å²) in [6.07, 6.45) is -0.392. The highest BCUT2D eigenvalue weighted by molar-refractivity contribution is 5.82. The van der Waals surface area contributed by atoms with E-state index in [1.807, 2.05) is 5.32 Å². The fraction of sp³-hybridized carbons (Fsp3) is 0.200. The Morgan fingerprint density at radius 2 is 2.00 bits per heavy atom. The Hall–Kier alpha value is -1.98. The van der Waals surface area contributed by atoms with E-state index in [0.717, 1.165) is 18.2 Å². The summed E-state index contributed by atoms with van der Waals surface area (Å²) in [5, 5.41) is 10.3. The van der Waals surface area contributed by atoms with Crippen molar-refractivity contribution in [1.29, 1.82) is 0 Å². The SMILES string of the molecule is O=C(O)CNC(=O)Cc1cc(F)ccc1F. The molecule has 1 aromatic carbocycles. The monoisotopic (exact) mass is 229 g/mol. The van der Waals surface area contributed by atoms with Gasteiger partial charge in [0.2, 0.25) is 5.91 Å². The lowest BCUT2D eigenvalue weighted by molar-refractivity contribution is -0.137. The molecule has 0 spiro atoms. The first-order chi connectivity index (χ1) is 7.49. The van der Waals surface area contributed by atoms with E-state index in [0.29, 0.717) is 0 Å². The van der Waals surface area contributed by atoms with Crippen molar-refractivity contribution in [3.8, 4) is 0 Å². The van der Waals surface area contributed by atoms with E-state index in [2.05, 4.69) is 0 Å². The molecule has 1 rings (SSSR count). The lowest BCUT2D eigenvalue weighted by Crippen LogP contribution is -2.30. The molecule has 6 heteroatoms. The molecule has 0 saturated carbocycles. The van der Waals surface area contributed by atoms with Crippen LogP contribution in [0, 0.1) is 11.6 Å². The van der Waals surface area contributed by atoms with E-state index in [4.69, 9.17) is 5.11 Å². The van der Waals surface area contributed by atoms with Gasteiger partial charge in [-0.25, -0.2) is 8.78 Å². The molecule has 0 aliphatic heterocycles. The molecule has 2 N–H and O–H groups in total. The number of carbonyl (C=O) groups excluding carboxylic acids is 1. The number of benzene rings is 1. The van der Waals surface area contributed by atoms with Crippen LogP contribution >= 0.6 is 0 Å². The van der Waals surface area contributed by atoms with Crippen LogP contribution in [-0.2, 0) is 16.0 Å². The van der Waals surface area contributed by atoms with Crippen molar-refractivity contribution >= 4 is 11.9 Å². The maximum Gasteiger partial charge on any atom is 0.322 e. The summed E-state index contributed by atoms with van der Waals surface area (Å²) in [5.41, 5.74) is -0.108. The van der Waals surface area contributed by atoms with Gasteiger partial charge < -0.3 is 10.4 Å². The first kappa shape index (κ1) is 12.1. The van der Waals surface area contributed by atoms with E-state index in [1.54, 1.807) is 0 Å². The Balaban J connectivity index is 2.62. The Labute approximate surface area is 89.9 Å². The number of rotatable bonds is 4. The van der Waals surface area contributed by atoms with Crippen LogP contribution in [0.1, 0.15) is 5.56 Å². The number of carboxylic acid groups (broad SMARTS) is 1. The molecule has 0 heterocycles. The predicted octanol–water partition coefficient (Wildman–Crippen LogP) is 0.708. The third kappa shape index (κ3) is 3.64. The molecule has 0 fully saturated rings. The van der Waals surface area contributed by atoms with E-state index >= 15 is 0 Å². The standard InChI is InChI=1S/C10H9F2NO3/c11-7-1-2-8(12)6(3-7)4-9(14)13-5-10(15)16/h1-3H,4-5H2,(H,13,14)(H,15,16). The molecule has 0 aliphatic carbocycles. The summed E-state index contributed by atoms with van der Waals surface area (Å²) in [7, 11) is 0. The number of amides is 1. The average molecular weight is 229 g/mol. The van der Waals surface area contributed by atoms with Crippen LogP contribution in [0.15, 0.2) is 18.2 Å². The number of hydrogen-bond donors (Lipinski definition) is 2. The first-order valence-electron chi connectivity index (χ1n) is 4.41. The summed E-state index contributed by atoms with van der Waals surface area (Å²) in [4.78, 5) is 21.2. The van der Waals surface area contributed by atoms with Gasteiger partial charge in [0.25, 0.3) is 0 Å². The Morgan fingerprint density at radius 1 is 1.31 bits per heavy atom. The van der Waals surface area contributed by atoms with Gasteiger partial charge in [0.05, 0.1) is 6.42 Å². The lowest BCUT2D eigenvalue weighted by atomic mass is 10.1. The zero-order valence-electron chi connectivity index (χ0n) is 8.17. The molecule has 0 bridgehead atoms. The second kappa shape index (κ2) is 5.20. The maximum absolute atomic E-state index is 13.1. The summed E-state index contributed by atoms with van der Waals surface area (Å²) < 4.78 is 25.8. The predicted molar refractivity (Wildman–Crippen MR) is 50.7 cm³/mol. The molecular weight excluding hydrogens is 220 g/mol. The summed E-state index contributed by atoms with van der Waals surface area (Å²) in [6, 6.07) is 2.75. The minimum Gasteiger partial charge on any atom is -0.480 e. The van der Waals surface area contributed by atoms with Crippen LogP contribution in [0.2, 0.25) is 0 Å². The number of carbonyl (C=O) groups is 2. The fourth-order valence-electron chi connectivity index (χ4n) is 1.09. The van der Waals surface area contributed by atoms with Gasteiger partial charge in [-0.05, 0) is 18.2 Å². The molecule has 1 amide bonds. The Bertz CT molecular complexity index is 421. The van der Waals surface area contributed by atoms with Gasteiger partial charge in [0.15, 0.2) is 0 Å². The summed E-state index contributed by atoms with van der Waals surface area (Å²) in [5.74, 6) is -3.23. The van der Waals surface area contributed by atoms with E-state index in [1.165, 1.54) is 0 Å². The second-order valence-corrected chi connectivity index (χ2v) is 3.08. The molecule has 0 radical (unpaired) electrons. The van der Waals surface area contributed by atoms with Crippen molar-refractivity contribution in [2.24, 2.45) is 0 Å². The summed E-state index contributed by atoms with van der Waals surface area (Å²) in [6.45, 7) is -0.546. The Kier molecular flexibility index (Phi) is 3.93. The lowest BCUT2D eigenvalue weighted by Gasteiger charge is -2.03. The number of carboxylic acids is 1. The minimum atomic E-state index is -1.20. The van der Waals surface area contributed by atoms with Crippen LogP contribution in [0.4, 0.5) is 8.78 Å². The highest BCUT2D eigenvalue weighted by atomic mass is 19.1. The maximum atomic E-state index is 13.1. The molecule has 86 valence electrons. The fourth-order valence-corrected chi connectivity index (χ4v) is 1.09. The Morgan fingerprint density at radius 3 is 2.62 bits per heavy atom. The smallest absolute Gasteiger partial charge is 0.322 e. The van der Waals surface area contributed by atoms with Gasteiger partial charge >= 0.3 is 5.97 Å². The van der Waals surface area contributed by atoms with Gasteiger partial charge in [0.1, 0.15) is 18.2 Å². The largest absolute Gasteiger partial charge is 0.480 e. The van der Waals surface area contributed by atoms with Crippen LogP contribution in [0.5, 0.6) is 0 Å². The number of hydrogen-bond acceptors (Lipinski definition) is 2. The van der Waals surface area contributed by atoms with E-state index < -0.39 is 36.5 Å². The van der Waals surface area contributed by atoms with Crippen molar-refractivity contribution in [2.75, 3.05) is 6.54 Å². The van der Waals surface area contributed by atoms with Gasteiger partial charge in [-0.15, -0.1) is 0 Å². The minimum absolute atomic E-state index is 0.108. The van der Waals surface area contributed by atoms with Gasteiger partial charge in [-0.1, -0.05) is 0 Å². The van der Waals surface area contributed by atoms with E-state index in [-0.39, 0.29) is 5.56 Å². The van der Waals surface area contributed by atoms with Crippen LogP contribution in [0.25, 0.3) is 0 Å². The highest BCUT2D eigenvalue weighted by Gasteiger charge is 2.10. The third-order valence-corrected chi connectivity index (χ3v) is 1.80. The van der Waals surface area contributed by atoms with E-state index in [9.17, 15) is 18.4 Å². The number of aliphatic carboxylic acids is 1. The molecule has 0 unspecified atom stereocenters. The molecule has 0 aromatic heterocycles. The third-order valence-electron chi connectivity index (χ3n) is 1.80. The topological polar surface area (TPSA) is 66.4 Å². The zero-order chi connectivity index (χ0) is 12.1. The van der Waals surface area contributed by atoms with Crippen LogP contribution in [0.3, 0.4) is 0 Å². The van der Waals surface area contributed by atoms with Gasteiger partial charge in [-0.3, -0.25) is 9.59 Å². The molecule has 1 aromatic rings. The average Bonchev–Trinajstić information content (AvgIpc) is 2.20. The molecule has 0 atom stereocenters. The summed E-state index contributed by atoms with van der Waals surface area (Å²) >= 11 is 0. The van der Waals surface area contributed by atoms with Crippen molar-refractivity contribution < 1.29 is 23.5 Å². The van der Waals surface area contributed by atoms with Crippen molar-refractivity contribution in [3.63, 3.8) is 0 Å². The molecule has 4 nitrogen and oxygen atoms in total. The number of nitrogens with one attached hydrogen (secondary N) is 1. The normalized spacial score (nSPS) is 9.88. The highest BCUT2D eigenvalue weighted by Crippen LogP contribution is 2.10. The molecular formula is C10H9F2NO3. The van der Waals surface area contributed by atoms with Crippen molar-refractivity contribution in [3.05, 3.63) is 35.4 Å². The molecule has 16 heavy (non-hydrogen) atoms. The van der Waals surface area contributed by atoms with Crippen molar-refractivity contribution in [1.82, 2.24) is 5.32 Å². The van der Waals surface area contributed by atoms with Gasteiger partial charge in [0, 0.05) is 5.56 Å². The second-order valence-electron chi connectivity index (χ2n) is 3.08. The zero-order valence-corrected chi connectivity index (χ0v) is 8.17. The molecule has 0 saturated heterocycles. The van der Waals surface area contributed by atoms with Crippen LogP contribution in [-0.4, -0.2) is 23.5 Å². The quantitative estimate of drug-likeness (QED) is 0.799. The van der Waals surface area contributed by atoms with Crippen LogP contribution < -0.4 is 5.32 Å². The molecule has 0 aliphatic rings.